The lowest BCUT2D eigenvalue weighted by Gasteiger charge is -2.20. The van der Waals surface area contributed by atoms with Gasteiger partial charge < -0.3 is 29.5 Å². The first-order valence-corrected chi connectivity index (χ1v) is 10.6. The van der Waals surface area contributed by atoms with Crippen molar-refractivity contribution in [3.05, 3.63) is 60.3 Å². The molecule has 0 radical (unpaired) electrons. The summed E-state index contributed by atoms with van der Waals surface area (Å²) in [5.74, 6) is 2.39. The largest absolute Gasteiger partial charge is 0.497 e. The Labute approximate surface area is 198 Å². The average Bonchev–Trinajstić information content (AvgIpc) is 2.83. The molecule has 10 heteroatoms. The number of hydrogen-bond donors (Lipinski definition) is 2. The summed E-state index contributed by atoms with van der Waals surface area (Å²) >= 11 is 0. The number of nitrogens with zero attached hydrogens (tertiary/aromatic N) is 4. The Morgan fingerprint density at radius 1 is 1.03 bits per heavy atom. The minimum absolute atomic E-state index is 0.0190. The highest BCUT2D eigenvalue weighted by Gasteiger charge is 2.20. The van der Waals surface area contributed by atoms with Crippen LogP contribution in [0.25, 0.3) is 0 Å². The molecule has 1 amide bonds. The van der Waals surface area contributed by atoms with Gasteiger partial charge in [0.2, 0.25) is 5.95 Å². The van der Waals surface area contributed by atoms with Crippen LogP contribution in [0.3, 0.4) is 0 Å². The first-order chi connectivity index (χ1) is 16.4. The number of nitrogens with one attached hydrogen (secondary N) is 1. The van der Waals surface area contributed by atoms with E-state index >= 15 is 0 Å². The molecule has 1 heterocycles. The standard InChI is InChI=1S/C24H29N5O5/c1-28(2)13-14-34-19-7-5-18(6-8-19)26-23-25-12-11-22(27-23)29(24(30)31)16-17-15-20(32-3)9-10-21(17)33-4/h5-12,15H,13-14,16H2,1-4H3,(H,30,31)(H,25,26,27). The Morgan fingerprint density at radius 3 is 2.41 bits per heavy atom. The van der Waals surface area contributed by atoms with Crippen molar-refractivity contribution in [1.82, 2.24) is 14.9 Å². The number of aromatic nitrogens is 2. The quantitative estimate of drug-likeness (QED) is 0.434. The third kappa shape index (κ3) is 6.72. The highest BCUT2D eigenvalue weighted by atomic mass is 16.5. The highest BCUT2D eigenvalue weighted by Crippen LogP contribution is 2.27. The smallest absolute Gasteiger partial charge is 0.413 e. The molecule has 0 bridgehead atoms. The lowest BCUT2D eigenvalue weighted by Crippen LogP contribution is -2.29. The van der Waals surface area contributed by atoms with Crippen LogP contribution < -0.4 is 24.4 Å². The zero-order valence-corrected chi connectivity index (χ0v) is 19.7. The second kappa shape index (κ2) is 11.7. The van der Waals surface area contributed by atoms with Crippen LogP contribution in [0.2, 0.25) is 0 Å². The van der Waals surface area contributed by atoms with Gasteiger partial charge in [0.1, 0.15) is 29.7 Å². The Morgan fingerprint density at radius 2 is 1.76 bits per heavy atom. The van der Waals surface area contributed by atoms with E-state index in [0.717, 1.165) is 22.9 Å². The second-order valence-electron chi connectivity index (χ2n) is 7.59. The molecule has 0 atom stereocenters. The van der Waals surface area contributed by atoms with Gasteiger partial charge in [-0.1, -0.05) is 0 Å². The highest BCUT2D eigenvalue weighted by molar-refractivity contribution is 5.85. The third-order valence-corrected chi connectivity index (χ3v) is 4.88. The zero-order valence-electron chi connectivity index (χ0n) is 19.7. The zero-order chi connectivity index (χ0) is 24.5. The summed E-state index contributed by atoms with van der Waals surface area (Å²) in [5, 5.41) is 12.9. The number of amides is 1. The van der Waals surface area contributed by atoms with E-state index in [1.54, 1.807) is 25.3 Å². The molecular weight excluding hydrogens is 438 g/mol. The number of carboxylic acid groups (broad SMARTS) is 1. The second-order valence-corrected chi connectivity index (χ2v) is 7.59. The Balaban J connectivity index is 1.74. The summed E-state index contributed by atoms with van der Waals surface area (Å²) in [6.45, 7) is 1.43. The molecule has 3 rings (SSSR count). The molecule has 10 nitrogen and oxygen atoms in total. The fraction of sp³-hybridized carbons (Fsp3) is 0.292. The summed E-state index contributed by atoms with van der Waals surface area (Å²) in [7, 11) is 7.06. The van der Waals surface area contributed by atoms with Gasteiger partial charge in [-0.05, 0) is 62.6 Å². The number of methoxy groups -OCH3 is 2. The van der Waals surface area contributed by atoms with E-state index in [1.165, 1.54) is 19.4 Å². The van der Waals surface area contributed by atoms with Crippen LogP contribution in [0, 0.1) is 0 Å². The van der Waals surface area contributed by atoms with E-state index in [-0.39, 0.29) is 18.3 Å². The maximum absolute atomic E-state index is 12.1. The SMILES string of the molecule is COc1ccc(OC)c(CN(C(=O)O)c2ccnc(Nc3ccc(OCCN(C)C)cc3)n2)c1. The molecule has 0 unspecified atom stereocenters. The predicted molar refractivity (Wildman–Crippen MR) is 130 cm³/mol. The number of carbonyl (C=O) groups is 1. The van der Waals surface area contributed by atoms with Crippen LogP contribution in [0.4, 0.5) is 22.2 Å². The van der Waals surface area contributed by atoms with Crippen molar-refractivity contribution in [3.63, 3.8) is 0 Å². The van der Waals surface area contributed by atoms with Gasteiger partial charge in [-0.15, -0.1) is 0 Å². The Kier molecular flexibility index (Phi) is 8.47. The van der Waals surface area contributed by atoms with E-state index in [4.69, 9.17) is 14.2 Å². The number of anilines is 3. The summed E-state index contributed by atoms with van der Waals surface area (Å²) in [6, 6.07) is 14.1. The molecule has 0 saturated carbocycles. The molecule has 34 heavy (non-hydrogen) atoms. The van der Waals surface area contributed by atoms with Crippen LogP contribution in [0.5, 0.6) is 17.2 Å². The van der Waals surface area contributed by atoms with Crippen LogP contribution in [-0.4, -0.2) is 67.5 Å². The molecular formula is C24H29N5O5. The molecule has 0 spiro atoms. The lowest BCUT2D eigenvalue weighted by atomic mass is 10.1. The van der Waals surface area contributed by atoms with E-state index < -0.39 is 6.09 Å². The molecule has 0 aliphatic rings. The van der Waals surface area contributed by atoms with Crippen LogP contribution >= 0.6 is 0 Å². The summed E-state index contributed by atoms with van der Waals surface area (Å²) in [4.78, 5) is 23.8. The fourth-order valence-electron chi connectivity index (χ4n) is 3.09. The normalized spacial score (nSPS) is 10.6. The van der Waals surface area contributed by atoms with Gasteiger partial charge >= 0.3 is 6.09 Å². The molecule has 3 aromatic rings. The van der Waals surface area contributed by atoms with Gasteiger partial charge in [0.15, 0.2) is 0 Å². The fourth-order valence-corrected chi connectivity index (χ4v) is 3.09. The number of ether oxygens (including phenoxy) is 3. The molecule has 0 fully saturated rings. The summed E-state index contributed by atoms with van der Waals surface area (Å²) < 4.78 is 16.3. The molecule has 2 aromatic carbocycles. The van der Waals surface area contributed by atoms with Crippen LogP contribution in [-0.2, 0) is 6.54 Å². The predicted octanol–water partition coefficient (Wildman–Crippen LogP) is 3.86. The van der Waals surface area contributed by atoms with Gasteiger partial charge in [0, 0.05) is 24.0 Å². The van der Waals surface area contributed by atoms with Gasteiger partial charge in [-0.25, -0.2) is 9.78 Å². The Hall–Kier alpha value is -4.05. The number of likely N-dealkylation sites (N-methyl/N-ethyl adjacent to an activating group) is 1. The lowest BCUT2D eigenvalue weighted by molar-refractivity contribution is 0.201. The average molecular weight is 468 g/mol. The summed E-state index contributed by atoms with van der Waals surface area (Å²) in [5.41, 5.74) is 1.38. The van der Waals surface area contributed by atoms with Crippen LogP contribution in [0.15, 0.2) is 54.7 Å². The number of hydrogen-bond acceptors (Lipinski definition) is 8. The van der Waals surface area contributed by atoms with Gasteiger partial charge in [-0.3, -0.25) is 4.90 Å². The van der Waals surface area contributed by atoms with Crippen molar-refractivity contribution < 1.29 is 24.1 Å². The van der Waals surface area contributed by atoms with Crippen molar-refractivity contribution in [2.24, 2.45) is 0 Å². The molecule has 2 N–H and O–H groups in total. The molecule has 0 aliphatic carbocycles. The number of rotatable bonds is 11. The molecule has 1 aromatic heterocycles. The van der Waals surface area contributed by atoms with E-state index in [9.17, 15) is 9.90 Å². The van der Waals surface area contributed by atoms with E-state index in [1.807, 2.05) is 43.3 Å². The molecule has 180 valence electrons. The third-order valence-electron chi connectivity index (χ3n) is 4.88. The van der Waals surface area contributed by atoms with Crippen molar-refractivity contribution in [2.45, 2.75) is 6.54 Å². The minimum Gasteiger partial charge on any atom is -0.497 e. The van der Waals surface area contributed by atoms with Crippen LogP contribution in [0.1, 0.15) is 5.56 Å². The van der Waals surface area contributed by atoms with E-state index in [0.29, 0.717) is 23.7 Å². The molecule has 0 aliphatic heterocycles. The minimum atomic E-state index is -1.16. The van der Waals surface area contributed by atoms with Gasteiger partial charge in [-0.2, -0.15) is 4.98 Å². The maximum Gasteiger partial charge on any atom is 0.413 e. The van der Waals surface area contributed by atoms with Crippen molar-refractivity contribution in [3.8, 4) is 17.2 Å². The first kappa shape index (κ1) is 24.6. The van der Waals surface area contributed by atoms with E-state index in [2.05, 4.69) is 15.3 Å². The van der Waals surface area contributed by atoms with Crippen molar-refractivity contribution >= 4 is 23.5 Å². The monoisotopic (exact) mass is 467 g/mol. The molecule has 0 saturated heterocycles. The van der Waals surface area contributed by atoms with Gasteiger partial charge in [0.05, 0.1) is 20.8 Å². The maximum atomic E-state index is 12.1. The number of benzene rings is 2. The van der Waals surface area contributed by atoms with Crippen molar-refractivity contribution in [1.29, 1.82) is 0 Å². The first-order valence-electron chi connectivity index (χ1n) is 10.6. The van der Waals surface area contributed by atoms with Crippen molar-refractivity contribution in [2.75, 3.05) is 51.7 Å². The summed E-state index contributed by atoms with van der Waals surface area (Å²) in [6.07, 6.45) is 0.344. The topological polar surface area (TPSA) is 109 Å². The Bertz CT molecular complexity index is 1090. The van der Waals surface area contributed by atoms with Gasteiger partial charge in [0.25, 0.3) is 0 Å².